The lowest BCUT2D eigenvalue weighted by Crippen LogP contribution is -2.04. The molecule has 1 heterocycles. The van der Waals surface area contributed by atoms with Gasteiger partial charge in [-0.25, -0.2) is 0 Å². The van der Waals surface area contributed by atoms with Crippen molar-refractivity contribution in [3.63, 3.8) is 0 Å². The lowest BCUT2D eigenvalue weighted by Gasteiger charge is -2.02. The zero-order valence-corrected chi connectivity index (χ0v) is 9.68. The first-order valence-electron chi connectivity index (χ1n) is 5.22. The van der Waals surface area contributed by atoms with Crippen LogP contribution in [0.1, 0.15) is 19.8 Å². The molecule has 80 valence electrons. The third kappa shape index (κ3) is 2.75. The average Bonchev–Trinajstić information content (AvgIpc) is 2.71. The van der Waals surface area contributed by atoms with Gasteiger partial charge in [-0.3, -0.25) is 4.79 Å². The molecule has 0 aromatic heterocycles. The van der Waals surface area contributed by atoms with E-state index in [1.165, 1.54) is 36.2 Å². The summed E-state index contributed by atoms with van der Waals surface area (Å²) in [6.45, 7) is 1.42. The van der Waals surface area contributed by atoms with E-state index in [0.717, 1.165) is 0 Å². The highest BCUT2D eigenvalue weighted by Crippen LogP contribution is 2.24. The molecule has 0 spiro atoms. The predicted octanol–water partition coefficient (Wildman–Crippen LogP) is 2.38. The van der Waals surface area contributed by atoms with Crippen molar-refractivity contribution in [3.05, 3.63) is 24.3 Å². The summed E-state index contributed by atoms with van der Waals surface area (Å²) >= 11 is 0. The van der Waals surface area contributed by atoms with Gasteiger partial charge in [0, 0.05) is 17.8 Å². The number of esters is 1. The van der Waals surface area contributed by atoms with E-state index in [9.17, 15) is 4.79 Å². The minimum Gasteiger partial charge on any atom is -0.427 e. The van der Waals surface area contributed by atoms with Crippen LogP contribution in [0.5, 0.6) is 5.75 Å². The predicted molar refractivity (Wildman–Crippen MR) is 62.4 cm³/mol. The summed E-state index contributed by atoms with van der Waals surface area (Å²) in [4.78, 5) is 12.1. The van der Waals surface area contributed by atoms with E-state index in [1.54, 1.807) is 0 Å². The molecule has 1 aromatic carbocycles. The topological polar surface area (TPSA) is 26.3 Å². The Morgan fingerprint density at radius 2 is 1.80 bits per heavy atom. The van der Waals surface area contributed by atoms with Gasteiger partial charge in [0.05, 0.1) is 0 Å². The van der Waals surface area contributed by atoms with Crippen LogP contribution in [0.2, 0.25) is 0 Å². The zero-order chi connectivity index (χ0) is 10.7. The first-order chi connectivity index (χ1) is 7.25. The molecule has 1 saturated heterocycles. The van der Waals surface area contributed by atoms with E-state index in [0.29, 0.717) is 16.6 Å². The van der Waals surface area contributed by atoms with Gasteiger partial charge in [-0.1, -0.05) is 0 Å². The number of carbonyl (C=O) groups excluding carboxylic acids is 1. The van der Waals surface area contributed by atoms with Crippen LogP contribution in [0.4, 0.5) is 0 Å². The molecule has 15 heavy (non-hydrogen) atoms. The van der Waals surface area contributed by atoms with Crippen LogP contribution in [-0.4, -0.2) is 17.5 Å². The minimum absolute atomic E-state index is 0.258. The van der Waals surface area contributed by atoms with E-state index in [2.05, 4.69) is 12.1 Å². The van der Waals surface area contributed by atoms with Gasteiger partial charge in [0.2, 0.25) is 0 Å². The second kappa shape index (κ2) is 4.71. The molecule has 0 radical (unpaired) electrons. The lowest BCUT2D eigenvalue weighted by molar-refractivity contribution is -0.131. The van der Waals surface area contributed by atoms with Crippen molar-refractivity contribution in [2.24, 2.45) is 0 Å². The van der Waals surface area contributed by atoms with Crippen LogP contribution in [0.25, 0.3) is 0 Å². The Morgan fingerprint density at radius 1 is 1.20 bits per heavy atom. The summed E-state index contributed by atoms with van der Waals surface area (Å²) in [5.41, 5.74) is 0. The summed E-state index contributed by atoms with van der Waals surface area (Å²) in [6.07, 6.45) is 2.71. The molecule has 2 nitrogen and oxygen atoms in total. The molecule has 2 rings (SSSR count). The smallest absolute Gasteiger partial charge is 0.308 e. The molecular weight excluding hydrogens is 208 g/mol. The van der Waals surface area contributed by atoms with E-state index in [-0.39, 0.29) is 5.97 Å². The van der Waals surface area contributed by atoms with Crippen LogP contribution >= 0.6 is 0 Å². The highest BCUT2D eigenvalue weighted by molar-refractivity contribution is 7.97. The van der Waals surface area contributed by atoms with Crippen molar-refractivity contribution in [2.75, 3.05) is 11.5 Å². The van der Waals surface area contributed by atoms with Crippen LogP contribution in [0.3, 0.4) is 0 Å². The van der Waals surface area contributed by atoms with E-state index < -0.39 is 0 Å². The summed E-state index contributed by atoms with van der Waals surface area (Å²) < 4.78 is 5.00. The first-order valence-corrected chi connectivity index (χ1v) is 6.78. The van der Waals surface area contributed by atoms with Gasteiger partial charge >= 0.3 is 5.97 Å². The highest BCUT2D eigenvalue weighted by Gasteiger charge is 2.26. The third-order valence-corrected chi connectivity index (χ3v) is 4.95. The van der Waals surface area contributed by atoms with Crippen LogP contribution in [0, 0.1) is 0 Å². The molecule has 0 aliphatic carbocycles. The van der Waals surface area contributed by atoms with E-state index >= 15 is 0 Å². The number of rotatable bonds is 2. The fourth-order valence-electron chi connectivity index (χ4n) is 1.76. The van der Waals surface area contributed by atoms with Gasteiger partial charge in [0.15, 0.2) is 4.90 Å². The monoisotopic (exact) mass is 223 g/mol. The third-order valence-electron chi connectivity index (χ3n) is 2.45. The Labute approximate surface area is 93.0 Å². The van der Waals surface area contributed by atoms with E-state index in [1.807, 2.05) is 12.1 Å². The Bertz CT molecular complexity index is 339. The summed E-state index contributed by atoms with van der Waals surface area (Å²) in [7, 11) is 0.448. The Morgan fingerprint density at radius 3 is 2.33 bits per heavy atom. The van der Waals surface area contributed by atoms with Gasteiger partial charge in [-0.15, -0.1) is 0 Å². The molecular formula is C12H15O2S+. The van der Waals surface area contributed by atoms with Crippen molar-refractivity contribution < 1.29 is 9.53 Å². The van der Waals surface area contributed by atoms with Crippen molar-refractivity contribution in [3.8, 4) is 5.75 Å². The van der Waals surface area contributed by atoms with Crippen molar-refractivity contribution in [1.29, 1.82) is 0 Å². The van der Waals surface area contributed by atoms with Gasteiger partial charge in [-0.2, -0.15) is 0 Å². The van der Waals surface area contributed by atoms with Gasteiger partial charge in [-0.05, 0) is 37.1 Å². The summed E-state index contributed by atoms with van der Waals surface area (Å²) in [5.74, 6) is 3.04. The SMILES string of the molecule is CC(=O)Oc1ccc([S+]2CCCC2)cc1. The normalized spacial score (nSPS) is 16.6. The maximum atomic E-state index is 10.7. The molecule has 0 saturated carbocycles. The lowest BCUT2D eigenvalue weighted by atomic mass is 10.3. The summed E-state index contributed by atoms with van der Waals surface area (Å²) in [6, 6.07) is 7.96. The van der Waals surface area contributed by atoms with Crippen molar-refractivity contribution in [1.82, 2.24) is 0 Å². The first kappa shape index (κ1) is 10.6. The number of ether oxygens (including phenoxy) is 1. The largest absolute Gasteiger partial charge is 0.427 e. The van der Waals surface area contributed by atoms with Gasteiger partial charge < -0.3 is 4.74 Å². The molecule has 1 aliphatic heterocycles. The fraction of sp³-hybridized carbons (Fsp3) is 0.417. The number of hydrogen-bond acceptors (Lipinski definition) is 2. The van der Waals surface area contributed by atoms with Crippen molar-refractivity contribution in [2.45, 2.75) is 24.7 Å². The van der Waals surface area contributed by atoms with Gasteiger partial charge in [0.25, 0.3) is 0 Å². The second-order valence-electron chi connectivity index (χ2n) is 3.67. The molecule has 0 amide bonds. The average molecular weight is 223 g/mol. The summed E-state index contributed by atoms with van der Waals surface area (Å²) in [5, 5.41) is 0. The van der Waals surface area contributed by atoms with Crippen molar-refractivity contribution >= 4 is 16.9 Å². The zero-order valence-electron chi connectivity index (χ0n) is 8.86. The standard InChI is InChI=1S/C12H15O2S/c1-10(13)14-11-4-6-12(7-5-11)15-8-2-3-9-15/h4-7H,2-3,8-9H2,1H3/q+1. The Kier molecular flexibility index (Phi) is 3.31. The molecule has 1 aliphatic rings. The van der Waals surface area contributed by atoms with Crippen LogP contribution in [0.15, 0.2) is 29.2 Å². The number of carbonyl (C=O) groups is 1. The highest BCUT2D eigenvalue weighted by atomic mass is 32.2. The minimum atomic E-state index is -0.258. The molecule has 3 heteroatoms. The second-order valence-corrected chi connectivity index (χ2v) is 5.95. The maximum Gasteiger partial charge on any atom is 0.308 e. The van der Waals surface area contributed by atoms with Crippen LogP contribution in [-0.2, 0) is 15.7 Å². The Balaban J connectivity index is 2.06. The fourth-order valence-corrected chi connectivity index (χ4v) is 4.06. The van der Waals surface area contributed by atoms with Gasteiger partial charge in [0.1, 0.15) is 17.3 Å². The molecule has 0 N–H and O–H groups in total. The Hall–Kier alpha value is -0.960. The van der Waals surface area contributed by atoms with Crippen LogP contribution < -0.4 is 4.74 Å². The molecule has 1 aromatic rings. The number of hydrogen-bond donors (Lipinski definition) is 0. The molecule has 0 atom stereocenters. The maximum absolute atomic E-state index is 10.7. The molecule has 0 bridgehead atoms. The quantitative estimate of drug-likeness (QED) is 0.437. The number of benzene rings is 1. The molecule has 0 unspecified atom stereocenters. The van der Waals surface area contributed by atoms with E-state index in [4.69, 9.17) is 4.74 Å². The molecule has 1 fully saturated rings.